The molecule has 1 aliphatic rings. The number of carbonyl (C=O) groups is 2. The van der Waals surface area contributed by atoms with Crippen molar-refractivity contribution in [2.24, 2.45) is 5.92 Å². The minimum absolute atomic E-state index is 0.00971. The fourth-order valence-corrected chi connectivity index (χ4v) is 2.58. The summed E-state index contributed by atoms with van der Waals surface area (Å²) in [5.74, 6) is 1.76. The van der Waals surface area contributed by atoms with Gasteiger partial charge in [0, 0.05) is 32.4 Å². The molecule has 7 nitrogen and oxygen atoms in total. The highest BCUT2D eigenvalue weighted by molar-refractivity contribution is 5.75. The normalized spacial score (nSPS) is 16.1. The van der Waals surface area contributed by atoms with Gasteiger partial charge in [-0.2, -0.15) is 4.98 Å². The molecule has 0 atom stereocenters. The van der Waals surface area contributed by atoms with E-state index in [1.165, 1.54) is 0 Å². The fraction of sp³-hybridized carbons (Fsp3) is 0.733. The molecule has 1 fully saturated rings. The first-order chi connectivity index (χ1) is 10.5. The first-order valence-corrected chi connectivity index (χ1v) is 7.80. The molecule has 0 aliphatic carbocycles. The number of aromatic nitrogens is 2. The molecular formula is C15H24N4O3. The van der Waals surface area contributed by atoms with Crippen LogP contribution >= 0.6 is 0 Å². The van der Waals surface area contributed by atoms with Crippen molar-refractivity contribution in [2.75, 3.05) is 13.1 Å². The molecule has 2 heterocycles. The molecule has 0 saturated carbocycles. The standard InChI is InChI=1S/C15H24N4O3/c1-10(2)8-13(21)16-9-14-17-15(18-22-14)12-4-6-19(7-5-12)11(3)20/h10,12H,4-9H2,1-3H3,(H,16,21). The maximum absolute atomic E-state index is 11.6. The molecule has 7 heteroatoms. The van der Waals surface area contributed by atoms with Crippen molar-refractivity contribution >= 4 is 11.8 Å². The average Bonchev–Trinajstić information content (AvgIpc) is 2.93. The van der Waals surface area contributed by atoms with Gasteiger partial charge >= 0.3 is 0 Å². The minimum Gasteiger partial charge on any atom is -0.347 e. The molecule has 0 aromatic carbocycles. The van der Waals surface area contributed by atoms with Crippen LogP contribution in [0.5, 0.6) is 0 Å². The van der Waals surface area contributed by atoms with E-state index >= 15 is 0 Å². The topological polar surface area (TPSA) is 88.3 Å². The van der Waals surface area contributed by atoms with Gasteiger partial charge in [-0.3, -0.25) is 9.59 Å². The Morgan fingerprint density at radius 2 is 2.05 bits per heavy atom. The van der Waals surface area contributed by atoms with Crippen LogP contribution in [0.25, 0.3) is 0 Å². The Labute approximate surface area is 130 Å². The number of nitrogens with zero attached hydrogens (tertiary/aromatic N) is 3. The lowest BCUT2D eigenvalue weighted by Gasteiger charge is -2.29. The molecule has 1 aromatic rings. The zero-order chi connectivity index (χ0) is 16.1. The molecule has 22 heavy (non-hydrogen) atoms. The lowest BCUT2D eigenvalue weighted by molar-refractivity contribution is -0.129. The fourth-order valence-electron chi connectivity index (χ4n) is 2.58. The van der Waals surface area contributed by atoms with Crippen LogP contribution in [0.2, 0.25) is 0 Å². The van der Waals surface area contributed by atoms with E-state index in [1.54, 1.807) is 6.92 Å². The van der Waals surface area contributed by atoms with Gasteiger partial charge in [-0.05, 0) is 18.8 Å². The van der Waals surface area contributed by atoms with Crippen LogP contribution < -0.4 is 5.32 Å². The molecular weight excluding hydrogens is 284 g/mol. The molecule has 0 unspecified atom stereocenters. The monoisotopic (exact) mass is 308 g/mol. The summed E-state index contributed by atoms with van der Waals surface area (Å²) in [5, 5.41) is 6.79. The maximum Gasteiger partial charge on any atom is 0.246 e. The highest BCUT2D eigenvalue weighted by Crippen LogP contribution is 2.25. The average molecular weight is 308 g/mol. The number of rotatable bonds is 5. The Morgan fingerprint density at radius 3 is 2.64 bits per heavy atom. The lowest BCUT2D eigenvalue weighted by atomic mass is 9.96. The summed E-state index contributed by atoms with van der Waals surface area (Å²) in [4.78, 5) is 29.1. The summed E-state index contributed by atoms with van der Waals surface area (Å²) in [5.41, 5.74) is 0. The predicted molar refractivity (Wildman–Crippen MR) is 79.8 cm³/mol. The van der Waals surface area contributed by atoms with E-state index in [-0.39, 0.29) is 24.3 Å². The van der Waals surface area contributed by atoms with Crippen molar-refractivity contribution < 1.29 is 14.1 Å². The second-order valence-corrected chi connectivity index (χ2v) is 6.20. The predicted octanol–water partition coefficient (Wildman–Crippen LogP) is 1.46. The van der Waals surface area contributed by atoms with Gasteiger partial charge in [0.25, 0.3) is 0 Å². The summed E-state index contributed by atoms with van der Waals surface area (Å²) in [6.07, 6.45) is 2.18. The van der Waals surface area contributed by atoms with E-state index < -0.39 is 0 Å². The molecule has 1 aliphatic heterocycles. The van der Waals surface area contributed by atoms with Crippen LogP contribution in [0.15, 0.2) is 4.52 Å². The third-order valence-electron chi connectivity index (χ3n) is 3.82. The van der Waals surface area contributed by atoms with Crippen molar-refractivity contribution in [1.29, 1.82) is 0 Å². The Hall–Kier alpha value is -1.92. The summed E-state index contributed by atoms with van der Waals surface area (Å²) >= 11 is 0. The van der Waals surface area contributed by atoms with Crippen molar-refractivity contribution in [2.45, 2.75) is 52.5 Å². The van der Waals surface area contributed by atoms with Crippen LogP contribution in [0.4, 0.5) is 0 Å². The molecule has 0 spiro atoms. The lowest BCUT2D eigenvalue weighted by Crippen LogP contribution is -2.36. The largest absolute Gasteiger partial charge is 0.347 e. The van der Waals surface area contributed by atoms with Crippen molar-refractivity contribution in [3.63, 3.8) is 0 Å². The van der Waals surface area contributed by atoms with Crippen molar-refractivity contribution in [3.05, 3.63) is 11.7 Å². The highest BCUT2D eigenvalue weighted by Gasteiger charge is 2.25. The Balaban J connectivity index is 1.82. The molecule has 2 amide bonds. The van der Waals surface area contributed by atoms with Crippen LogP contribution in [-0.2, 0) is 16.1 Å². The Morgan fingerprint density at radius 1 is 1.36 bits per heavy atom. The molecule has 0 bridgehead atoms. The van der Waals surface area contributed by atoms with Crippen molar-refractivity contribution in [1.82, 2.24) is 20.4 Å². The smallest absolute Gasteiger partial charge is 0.246 e. The van der Waals surface area contributed by atoms with Gasteiger partial charge in [-0.25, -0.2) is 0 Å². The van der Waals surface area contributed by atoms with Gasteiger partial charge in [0.2, 0.25) is 17.7 Å². The second-order valence-electron chi connectivity index (χ2n) is 6.20. The summed E-state index contributed by atoms with van der Waals surface area (Å²) in [6, 6.07) is 0. The number of hydrogen-bond donors (Lipinski definition) is 1. The number of hydrogen-bond acceptors (Lipinski definition) is 5. The van der Waals surface area contributed by atoms with E-state index in [0.717, 1.165) is 25.9 Å². The minimum atomic E-state index is -0.00971. The third kappa shape index (κ3) is 4.54. The third-order valence-corrected chi connectivity index (χ3v) is 3.82. The number of nitrogens with one attached hydrogen (secondary N) is 1. The molecule has 1 aromatic heterocycles. The van der Waals surface area contributed by atoms with Gasteiger partial charge in [0.1, 0.15) is 0 Å². The summed E-state index contributed by atoms with van der Waals surface area (Å²) in [6.45, 7) is 7.32. The van der Waals surface area contributed by atoms with Gasteiger partial charge in [-0.15, -0.1) is 0 Å². The van der Waals surface area contributed by atoms with E-state index in [1.807, 2.05) is 18.7 Å². The zero-order valence-electron chi connectivity index (χ0n) is 13.5. The van der Waals surface area contributed by atoms with Crippen LogP contribution in [0.3, 0.4) is 0 Å². The number of amides is 2. The highest BCUT2D eigenvalue weighted by atomic mass is 16.5. The Bertz CT molecular complexity index is 519. The molecule has 122 valence electrons. The first kappa shape index (κ1) is 16.5. The van der Waals surface area contributed by atoms with Gasteiger partial charge < -0.3 is 14.7 Å². The molecule has 1 N–H and O–H groups in total. The molecule has 1 saturated heterocycles. The van der Waals surface area contributed by atoms with Gasteiger partial charge in [-0.1, -0.05) is 19.0 Å². The SMILES string of the molecule is CC(=O)N1CCC(c2noc(CNC(=O)CC(C)C)n2)CC1. The first-order valence-electron chi connectivity index (χ1n) is 7.80. The maximum atomic E-state index is 11.6. The Kier molecular flexibility index (Phi) is 5.51. The van der Waals surface area contributed by atoms with E-state index in [4.69, 9.17) is 4.52 Å². The number of carbonyl (C=O) groups excluding carboxylic acids is 2. The van der Waals surface area contributed by atoms with Gasteiger partial charge in [0.05, 0.1) is 6.54 Å². The van der Waals surface area contributed by atoms with Crippen molar-refractivity contribution in [3.8, 4) is 0 Å². The molecule has 2 rings (SSSR count). The quantitative estimate of drug-likeness (QED) is 0.889. The van der Waals surface area contributed by atoms with Crippen LogP contribution in [0.1, 0.15) is 57.7 Å². The van der Waals surface area contributed by atoms with E-state index in [2.05, 4.69) is 15.5 Å². The summed E-state index contributed by atoms with van der Waals surface area (Å²) < 4.78 is 5.19. The number of piperidine rings is 1. The van der Waals surface area contributed by atoms with Crippen LogP contribution in [0, 0.1) is 5.92 Å². The van der Waals surface area contributed by atoms with E-state index in [9.17, 15) is 9.59 Å². The zero-order valence-corrected chi connectivity index (χ0v) is 13.5. The van der Waals surface area contributed by atoms with Gasteiger partial charge in [0.15, 0.2) is 5.82 Å². The molecule has 0 radical (unpaired) electrons. The second kappa shape index (κ2) is 7.38. The summed E-state index contributed by atoms with van der Waals surface area (Å²) in [7, 11) is 0. The van der Waals surface area contributed by atoms with E-state index in [0.29, 0.717) is 24.1 Å². The number of likely N-dealkylation sites (tertiary alicyclic amines) is 1. The van der Waals surface area contributed by atoms with Crippen LogP contribution in [-0.4, -0.2) is 39.9 Å².